The average Bonchev–Trinajstić information content (AvgIpc) is 2.77. The maximum Gasteiger partial charge on any atom is 0.262 e. The number of aromatic nitrogens is 2. The molecule has 168 valence electrons. The van der Waals surface area contributed by atoms with Crippen LogP contribution in [0.2, 0.25) is 5.02 Å². The molecule has 1 aliphatic rings. The molecule has 7 nitrogen and oxygen atoms in total. The molecule has 0 saturated heterocycles. The number of thioether (sulfide) groups is 1. The Morgan fingerprint density at radius 3 is 2.75 bits per heavy atom. The maximum atomic E-state index is 12.9. The number of carbonyl (C=O) groups excluding carboxylic acids is 1. The molecule has 0 bridgehead atoms. The fourth-order valence-electron chi connectivity index (χ4n) is 3.48. The van der Waals surface area contributed by atoms with Crippen molar-refractivity contribution in [2.75, 3.05) is 25.5 Å². The van der Waals surface area contributed by atoms with Crippen molar-refractivity contribution in [1.82, 2.24) is 14.9 Å². The predicted molar refractivity (Wildman–Crippen MR) is 126 cm³/mol. The van der Waals surface area contributed by atoms with Crippen molar-refractivity contribution in [2.45, 2.75) is 31.5 Å². The van der Waals surface area contributed by atoms with E-state index < -0.39 is 0 Å². The van der Waals surface area contributed by atoms with Crippen molar-refractivity contribution in [2.24, 2.45) is 0 Å². The summed E-state index contributed by atoms with van der Waals surface area (Å²) in [5.41, 5.74) is 1.45. The highest BCUT2D eigenvalue weighted by atomic mass is 35.5. The van der Waals surface area contributed by atoms with Gasteiger partial charge < -0.3 is 14.8 Å². The molecular weight excluding hydrogens is 450 g/mol. The second-order valence-corrected chi connectivity index (χ2v) is 9.07. The first-order valence-electron chi connectivity index (χ1n) is 10.4. The van der Waals surface area contributed by atoms with Gasteiger partial charge in [0.15, 0.2) is 16.7 Å². The van der Waals surface area contributed by atoms with E-state index in [1.54, 1.807) is 22.8 Å². The molecule has 0 unspecified atom stereocenters. The molecule has 1 aliphatic heterocycles. The highest BCUT2D eigenvalue weighted by molar-refractivity contribution is 7.99. The number of rotatable bonds is 7. The van der Waals surface area contributed by atoms with Crippen LogP contribution in [-0.2, 0) is 11.2 Å². The first-order valence-corrected chi connectivity index (χ1v) is 11.8. The van der Waals surface area contributed by atoms with E-state index in [1.165, 1.54) is 11.8 Å². The van der Waals surface area contributed by atoms with Gasteiger partial charge in [-0.05, 0) is 56.2 Å². The minimum Gasteiger partial charge on any atom is -0.486 e. The topological polar surface area (TPSA) is 82.5 Å². The third kappa shape index (κ3) is 5.02. The van der Waals surface area contributed by atoms with Gasteiger partial charge in [0.05, 0.1) is 16.7 Å². The van der Waals surface area contributed by atoms with Crippen molar-refractivity contribution >= 4 is 40.2 Å². The minimum absolute atomic E-state index is 0.0872. The van der Waals surface area contributed by atoms with Gasteiger partial charge in [0.1, 0.15) is 13.2 Å². The molecule has 0 aliphatic carbocycles. The summed E-state index contributed by atoms with van der Waals surface area (Å²) >= 11 is 7.31. The molecule has 1 N–H and O–H groups in total. The van der Waals surface area contributed by atoms with Crippen LogP contribution in [0.4, 0.5) is 0 Å². The minimum atomic E-state index is -0.136. The number of nitrogens with zero attached hydrogens (tertiary/aromatic N) is 2. The number of halogens is 1. The molecule has 9 heteroatoms. The van der Waals surface area contributed by atoms with Crippen LogP contribution in [0, 0.1) is 0 Å². The second kappa shape index (κ2) is 9.83. The second-order valence-electron chi connectivity index (χ2n) is 7.69. The molecule has 4 rings (SSSR count). The van der Waals surface area contributed by atoms with Crippen LogP contribution in [0.3, 0.4) is 0 Å². The SMILES string of the molecule is CC(C)n1c(SCC(=O)NCCc2ccc3c(c2)OCCO3)nc2cc(Cl)ccc2c1=O. The summed E-state index contributed by atoms with van der Waals surface area (Å²) in [6.45, 7) is 5.44. The molecule has 0 saturated carbocycles. The van der Waals surface area contributed by atoms with Crippen LogP contribution >= 0.6 is 23.4 Å². The summed E-state index contributed by atoms with van der Waals surface area (Å²) < 4.78 is 12.7. The van der Waals surface area contributed by atoms with Crippen LogP contribution in [0.25, 0.3) is 10.9 Å². The maximum absolute atomic E-state index is 12.9. The third-order valence-corrected chi connectivity index (χ3v) is 6.21. The van der Waals surface area contributed by atoms with Crippen molar-refractivity contribution in [1.29, 1.82) is 0 Å². The highest BCUT2D eigenvalue weighted by Crippen LogP contribution is 2.30. The van der Waals surface area contributed by atoms with Gasteiger partial charge in [-0.2, -0.15) is 0 Å². The van der Waals surface area contributed by atoms with Crippen LogP contribution in [0.15, 0.2) is 46.3 Å². The van der Waals surface area contributed by atoms with Gasteiger partial charge in [-0.25, -0.2) is 4.98 Å². The number of carbonyl (C=O) groups is 1. The van der Waals surface area contributed by atoms with Crippen LogP contribution in [-0.4, -0.2) is 41.0 Å². The molecule has 0 atom stereocenters. The Bertz CT molecular complexity index is 1210. The first kappa shape index (κ1) is 22.5. The Balaban J connectivity index is 1.38. The Hall–Kier alpha value is -2.71. The quantitative estimate of drug-likeness (QED) is 0.414. The average molecular weight is 474 g/mol. The van der Waals surface area contributed by atoms with Crippen molar-refractivity contribution in [3.05, 3.63) is 57.3 Å². The van der Waals surface area contributed by atoms with E-state index in [0.29, 0.717) is 47.3 Å². The molecule has 0 spiro atoms. The zero-order valence-corrected chi connectivity index (χ0v) is 19.5. The molecule has 3 aromatic rings. The molecular formula is C23H24ClN3O4S. The van der Waals surface area contributed by atoms with Gasteiger partial charge in [0, 0.05) is 17.6 Å². The summed E-state index contributed by atoms with van der Waals surface area (Å²) in [5, 5.41) is 4.45. The lowest BCUT2D eigenvalue weighted by atomic mass is 10.1. The van der Waals surface area contributed by atoms with Crippen molar-refractivity contribution in [3.8, 4) is 11.5 Å². The van der Waals surface area contributed by atoms with Crippen LogP contribution < -0.4 is 20.3 Å². The third-order valence-electron chi connectivity index (χ3n) is 5.02. The lowest BCUT2D eigenvalue weighted by Crippen LogP contribution is -2.29. The Morgan fingerprint density at radius 2 is 1.97 bits per heavy atom. The fraction of sp³-hybridized carbons (Fsp3) is 0.348. The first-order chi connectivity index (χ1) is 15.4. The zero-order chi connectivity index (χ0) is 22.7. The lowest BCUT2D eigenvalue weighted by Gasteiger charge is -2.19. The normalized spacial score (nSPS) is 12.9. The molecule has 1 aromatic heterocycles. The summed E-state index contributed by atoms with van der Waals surface area (Å²) in [4.78, 5) is 29.9. The Morgan fingerprint density at radius 1 is 1.19 bits per heavy atom. The molecule has 0 fully saturated rings. The summed E-state index contributed by atoms with van der Waals surface area (Å²) in [7, 11) is 0. The Kier molecular flexibility index (Phi) is 6.91. The molecule has 1 amide bonds. The van der Waals surface area contributed by atoms with Gasteiger partial charge in [-0.15, -0.1) is 0 Å². The number of hydrogen-bond donors (Lipinski definition) is 1. The number of ether oxygens (including phenoxy) is 2. The fourth-order valence-corrected chi connectivity index (χ4v) is 4.60. The van der Waals surface area contributed by atoms with Gasteiger partial charge in [-0.3, -0.25) is 14.2 Å². The monoisotopic (exact) mass is 473 g/mol. The number of nitrogens with one attached hydrogen (secondary N) is 1. The van der Waals surface area contributed by atoms with E-state index in [-0.39, 0.29) is 23.3 Å². The van der Waals surface area contributed by atoms with Gasteiger partial charge in [-0.1, -0.05) is 29.4 Å². The molecule has 0 radical (unpaired) electrons. The van der Waals surface area contributed by atoms with Gasteiger partial charge >= 0.3 is 0 Å². The molecule has 32 heavy (non-hydrogen) atoms. The number of fused-ring (bicyclic) bond motifs is 2. The standard InChI is InChI=1S/C23H24ClN3O4S/c1-14(2)27-22(29)17-5-4-16(24)12-18(17)26-23(27)32-13-21(28)25-8-7-15-3-6-19-20(11-15)31-10-9-30-19/h3-6,11-12,14H,7-10,13H2,1-2H3,(H,25,28). The van der Waals surface area contributed by atoms with Gasteiger partial charge in [0.25, 0.3) is 5.56 Å². The molecule has 2 heterocycles. The number of benzene rings is 2. The zero-order valence-electron chi connectivity index (χ0n) is 17.9. The van der Waals surface area contributed by atoms with E-state index in [9.17, 15) is 9.59 Å². The van der Waals surface area contributed by atoms with E-state index in [4.69, 9.17) is 21.1 Å². The summed E-state index contributed by atoms with van der Waals surface area (Å²) in [6.07, 6.45) is 0.677. The van der Waals surface area contributed by atoms with Crippen LogP contribution in [0.1, 0.15) is 25.5 Å². The van der Waals surface area contributed by atoms with Gasteiger partial charge in [0.2, 0.25) is 5.91 Å². The number of hydrogen-bond acceptors (Lipinski definition) is 6. The highest BCUT2D eigenvalue weighted by Gasteiger charge is 2.16. The van der Waals surface area contributed by atoms with E-state index in [1.807, 2.05) is 32.0 Å². The molecule has 2 aromatic carbocycles. The van der Waals surface area contributed by atoms with Crippen molar-refractivity contribution in [3.63, 3.8) is 0 Å². The predicted octanol–water partition coefficient (Wildman–Crippen LogP) is 3.85. The Labute approximate surface area is 195 Å². The summed E-state index contributed by atoms with van der Waals surface area (Å²) in [5.74, 6) is 1.53. The smallest absolute Gasteiger partial charge is 0.262 e. The van der Waals surface area contributed by atoms with E-state index >= 15 is 0 Å². The van der Waals surface area contributed by atoms with Crippen molar-refractivity contribution < 1.29 is 14.3 Å². The lowest BCUT2D eigenvalue weighted by molar-refractivity contribution is -0.118. The van der Waals surface area contributed by atoms with E-state index in [2.05, 4.69) is 10.3 Å². The van der Waals surface area contributed by atoms with Crippen LogP contribution in [0.5, 0.6) is 11.5 Å². The van der Waals surface area contributed by atoms with E-state index in [0.717, 1.165) is 17.1 Å². The largest absolute Gasteiger partial charge is 0.486 e. The summed E-state index contributed by atoms with van der Waals surface area (Å²) in [6, 6.07) is 10.8. The number of amides is 1.